The van der Waals surface area contributed by atoms with Gasteiger partial charge in [-0.3, -0.25) is 4.79 Å². The van der Waals surface area contributed by atoms with Gasteiger partial charge in [-0.15, -0.1) is 12.6 Å². The molecule has 0 aliphatic rings. The molecule has 1 N–H and O–H groups in total. The van der Waals surface area contributed by atoms with Crippen LogP contribution in [0.15, 0.2) is 51.8 Å². The summed E-state index contributed by atoms with van der Waals surface area (Å²) in [6.45, 7) is 1.99. The molecule has 19 heavy (non-hydrogen) atoms. The fourth-order valence-corrected chi connectivity index (χ4v) is 2.12. The number of aryl methyl sites for hydroxylation is 1. The highest BCUT2D eigenvalue weighted by molar-refractivity contribution is 9.10. The van der Waals surface area contributed by atoms with Crippen LogP contribution in [0.1, 0.15) is 11.1 Å². The molecule has 0 saturated heterocycles. The van der Waals surface area contributed by atoms with Crippen LogP contribution < -0.4 is 5.32 Å². The summed E-state index contributed by atoms with van der Waals surface area (Å²) in [5.74, 6) is -0.0198. The van der Waals surface area contributed by atoms with Crippen LogP contribution >= 0.6 is 28.6 Å². The molecule has 0 heterocycles. The van der Waals surface area contributed by atoms with Gasteiger partial charge in [-0.05, 0) is 48.4 Å². The van der Waals surface area contributed by atoms with E-state index in [1.807, 2.05) is 49.4 Å². The van der Waals surface area contributed by atoms with Crippen molar-refractivity contribution in [3.8, 4) is 0 Å². The number of rotatable bonds is 3. The van der Waals surface area contributed by atoms with E-state index in [-0.39, 0.29) is 5.91 Å². The number of benzene rings is 2. The fourth-order valence-electron chi connectivity index (χ4n) is 1.73. The van der Waals surface area contributed by atoms with Gasteiger partial charge in [0.2, 0.25) is 5.91 Å². The molecule has 0 spiro atoms. The second-order valence-corrected chi connectivity index (χ2v) is 5.73. The molecule has 2 nitrogen and oxygen atoms in total. The van der Waals surface area contributed by atoms with E-state index < -0.39 is 0 Å². The molecule has 0 aromatic heterocycles. The molecule has 0 saturated carbocycles. The second kappa shape index (κ2) is 6.26. The molecule has 0 fully saturated rings. The smallest absolute Gasteiger partial charge is 0.228 e. The topological polar surface area (TPSA) is 29.1 Å². The Labute approximate surface area is 126 Å². The summed E-state index contributed by atoms with van der Waals surface area (Å²) in [6, 6.07) is 13.3. The first-order chi connectivity index (χ1) is 9.04. The first kappa shape index (κ1) is 14.2. The summed E-state index contributed by atoms with van der Waals surface area (Å²) in [5.41, 5.74) is 2.89. The lowest BCUT2D eigenvalue weighted by molar-refractivity contribution is -0.115. The van der Waals surface area contributed by atoms with Gasteiger partial charge in [0.25, 0.3) is 0 Å². The van der Waals surface area contributed by atoms with Crippen LogP contribution in [0.2, 0.25) is 0 Å². The van der Waals surface area contributed by atoms with Crippen molar-refractivity contribution in [2.45, 2.75) is 18.2 Å². The van der Waals surface area contributed by atoms with Crippen molar-refractivity contribution in [1.29, 1.82) is 0 Å². The van der Waals surface area contributed by atoms with Gasteiger partial charge < -0.3 is 5.32 Å². The lowest BCUT2D eigenvalue weighted by Crippen LogP contribution is -2.14. The van der Waals surface area contributed by atoms with Crippen LogP contribution in [-0.2, 0) is 11.2 Å². The molecule has 1 amide bonds. The van der Waals surface area contributed by atoms with Crippen LogP contribution in [0.3, 0.4) is 0 Å². The number of hydrogen-bond acceptors (Lipinski definition) is 2. The highest BCUT2D eigenvalue weighted by Gasteiger charge is 2.05. The largest absolute Gasteiger partial charge is 0.326 e. The summed E-state index contributed by atoms with van der Waals surface area (Å²) in [6.07, 6.45) is 0.364. The predicted molar refractivity (Wildman–Crippen MR) is 84.9 cm³/mol. The summed E-state index contributed by atoms with van der Waals surface area (Å²) in [4.78, 5) is 12.8. The zero-order valence-corrected chi connectivity index (χ0v) is 13.0. The van der Waals surface area contributed by atoms with Crippen LogP contribution in [-0.4, -0.2) is 5.91 Å². The summed E-state index contributed by atoms with van der Waals surface area (Å²) in [7, 11) is 0. The highest BCUT2D eigenvalue weighted by atomic mass is 79.9. The number of nitrogens with one attached hydrogen (secondary N) is 1. The minimum absolute atomic E-state index is 0.0198. The zero-order chi connectivity index (χ0) is 13.8. The molecule has 2 aromatic carbocycles. The molecular weight excluding hydrogens is 322 g/mol. The monoisotopic (exact) mass is 335 g/mol. The second-order valence-electron chi connectivity index (χ2n) is 4.36. The van der Waals surface area contributed by atoms with E-state index >= 15 is 0 Å². The van der Waals surface area contributed by atoms with Crippen molar-refractivity contribution in [2.24, 2.45) is 0 Å². The number of anilines is 1. The van der Waals surface area contributed by atoms with Gasteiger partial charge in [0, 0.05) is 15.1 Å². The Morgan fingerprint density at radius 2 is 1.89 bits per heavy atom. The average Bonchev–Trinajstić information content (AvgIpc) is 2.37. The van der Waals surface area contributed by atoms with Crippen LogP contribution in [0, 0.1) is 6.92 Å². The van der Waals surface area contributed by atoms with Crippen molar-refractivity contribution in [1.82, 2.24) is 0 Å². The standard InChI is InChI=1S/C15H14BrNOS/c1-10-8-12(4-7-14(10)16)17-15(18)9-11-2-5-13(19)6-3-11/h2-8,19H,9H2,1H3,(H,17,18). The van der Waals surface area contributed by atoms with Gasteiger partial charge in [0.05, 0.1) is 6.42 Å². The molecule has 0 aliphatic heterocycles. The number of thiol groups is 1. The molecule has 2 rings (SSSR count). The maximum Gasteiger partial charge on any atom is 0.228 e. The van der Waals surface area contributed by atoms with E-state index in [9.17, 15) is 4.79 Å². The van der Waals surface area contributed by atoms with Gasteiger partial charge in [0.1, 0.15) is 0 Å². The normalized spacial score (nSPS) is 10.3. The molecule has 0 unspecified atom stereocenters. The Balaban J connectivity index is 2.01. The van der Waals surface area contributed by atoms with Gasteiger partial charge in [0.15, 0.2) is 0 Å². The molecule has 0 atom stereocenters. The van der Waals surface area contributed by atoms with Crippen molar-refractivity contribution >= 4 is 40.2 Å². The molecular formula is C15H14BrNOS. The summed E-state index contributed by atoms with van der Waals surface area (Å²) in [5, 5.41) is 2.89. The molecule has 0 aliphatic carbocycles. The number of halogens is 1. The molecule has 2 aromatic rings. The molecule has 98 valence electrons. The number of carbonyl (C=O) groups excluding carboxylic acids is 1. The van der Waals surface area contributed by atoms with E-state index in [2.05, 4.69) is 33.9 Å². The maximum absolute atomic E-state index is 11.9. The Morgan fingerprint density at radius 1 is 1.21 bits per heavy atom. The van der Waals surface area contributed by atoms with Gasteiger partial charge in [-0.25, -0.2) is 0 Å². The van der Waals surface area contributed by atoms with Crippen LogP contribution in [0.4, 0.5) is 5.69 Å². The quantitative estimate of drug-likeness (QED) is 0.807. The van der Waals surface area contributed by atoms with Crippen molar-refractivity contribution in [3.05, 3.63) is 58.1 Å². The van der Waals surface area contributed by atoms with E-state index in [1.54, 1.807) is 0 Å². The third-order valence-electron chi connectivity index (χ3n) is 2.74. The molecule has 4 heteroatoms. The van der Waals surface area contributed by atoms with Crippen LogP contribution in [0.25, 0.3) is 0 Å². The third kappa shape index (κ3) is 4.11. The lowest BCUT2D eigenvalue weighted by Gasteiger charge is -2.07. The number of amides is 1. The third-order valence-corrected chi connectivity index (χ3v) is 3.93. The summed E-state index contributed by atoms with van der Waals surface area (Å²) >= 11 is 7.65. The van der Waals surface area contributed by atoms with E-state index in [0.717, 1.165) is 26.2 Å². The minimum Gasteiger partial charge on any atom is -0.326 e. The van der Waals surface area contributed by atoms with Crippen LogP contribution in [0.5, 0.6) is 0 Å². The maximum atomic E-state index is 11.9. The summed E-state index contributed by atoms with van der Waals surface area (Å²) < 4.78 is 1.04. The van der Waals surface area contributed by atoms with Crippen molar-refractivity contribution < 1.29 is 4.79 Å². The average molecular weight is 336 g/mol. The highest BCUT2D eigenvalue weighted by Crippen LogP contribution is 2.20. The Hall–Kier alpha value is -1.26. The zero-order valence-electron chi connectivity index (χ0n) is 10.5. The SMILES string of the molecule is Cc1cc(NC(=O)Cc2ccc(S)cc2)ccc1Br. The predicted octanol–water partition coefficient (Wildman–Crippen LogP) is 4.23. The van der Waals surface area contributed by atoms with E-state index in [1.165, 1.54) is 0 Å². The van der Waals surface area contributed by atoms with E-state index in [4.69, 9.17) is 0 Å². The van der Waals surface area contributed by atoms with Gasteiger partial charge in [-0.1, -0.05) is 28.1 Å². The van der Waals surface area contributed by atoms with Gasteiger partial charge in [-0.2, -0.15) is 0 Å². The van der Waals surface area contributed by atoms with Crippen molar-refractivity contribution in [2.75, 3.05) is 5.32 Å². The minimum atomic E-state index is -0.0198. The van der Waals surface area contributed by atoms with Gasteiger partial charge >= 0.3 is 0 Å². The Morgan fingerprint density at radius 3 is 2.53 bits per heavy atom. The Bertz CT molecular complexity index is 596. The van der Waals surface area contributed by atoms with Crippen molar-refractivity contribution in [3.63, 3.8) is 0 Å². The lowest BCUT2D eigenvalue weighted by atomic mass is 10.1. The first-order valence-electron chi connectivity index (χ1n) is 5.88. The fraction of sp³-hybridized carbons (Fsp3) is 0.133. The first-order valence-corrected chi connectivity index (χ1v) is 7.12. The molecule has 0 radical (unpaired) electrons. The Kier molecular flexibility index (Phi) is 4.66. The molecule has 0 bridgehead atoms. The number of hydrogen-bond donors (Lipinski definition) is 2. The van der Waals surface area contributed by atoms with E-state index in [0.29, 0.717) is 6.42 Å². The number of carbonyl (C=O) groups is 1.